The normalized spacial score (nSPS) is 19.7. The molecule has 1 aromatic rings. The lowest BCUT2D eigenvalue weighted by Gasteiger charge is -2.20. The molecule has 0 saturated carbocycles. The molecule has 2 heterocycles. The van der Waals surface area contributed by atoms with Crippen LogP contribution in [-0.4, -0.2) is 18.2 Å². The molecular weight excluding hydrogens is 174 g/mol. The molecule has 66 valence electrons. The molecule has 3 nitrogen and oxygen atoms in total. The summed E-state index contributed by atoms with van der Waals surface area (Å²) in [6.07, 6.45) is 2.07. The van der Waals surface area contributed by atoms with Crippen LogP contribution in [0.2, 0.25) is 0 Å². The first kappa shape index (κ1) is 8.01. The van der Waals surface area contributed by atoms with Crippen LogP contribution < -0.4 is 4.87 Å². The molecule has 1 aromatic heterocycles. The van der Waals surface area contributed by atoms with E-state index in [4.69, 9.17) is 4.74 Å². The molecule has 0 unspecified atom stereocenters. The minimum Gasteiger partial charge on any atom is -0.381 e. The first-order valence-electron chi connectivity index (χ1n) is 4.12. The number of aromatic amines is 1. The van der Waals surface area contributed by atoms with Crippen LogP contribution in [0.3, 0.4) is 0 Å². The van der Waals surface area contributed by atoms with Crippen LogP contribution in [-0.2, 0) is 4.74 Å². The summed E-state index contributed by atoms with van der Waals surface area (Å²) < 4.78 is 5.24. The van der Waals surface area contributed by atoms with Crippen LogP contribution >= 0.6 is 11.3 Å². The average Bonchev–Trinajstić information content (AvgIpc) is 2.54. The molecule has 0 aliphatic carbocycles. The highest BCUT2D eigenvalue weighted by atomic mass is 32.1. The molecule has 1 fully saturated rings. The highest BCUT2D eigenvalue weighted by molar-refractivity contribution is 7.07. The van der Waals surface area contributed by atoms with Gasteiger partial charge in [-0.3, -0.25) is 4.79 Å². The summed E-state index contributed by atoms with van der Waals surface area (Å²) in [5.41, 5.74) is 1.09. The van der Waals surface area contributed by atoms with Gasteiger partial charge in [0.2, 0.25) is 0 Å². The second-order valence-electron chi connectivity index (χ2n) is 2.99. The van der Waals surface area contributed by atoms with Crippen molar-refractivity contribution in [1.29, 1.82) is 0 Å². The monoisotopic (exact) mass is 185 g/mol. The van der Waals surface area contributed by atoms with Crippen molar-refractivity contribution in [2.24, 2.45) is 0 Å². The van der Waals surface area contributed by atoms with Gasteiger partial charge < -0.3 is 9.72 Å². The van der Waals surface area contributed by atoms with Gasteiger partial charge in [-0.2, -0.15) is 0 Å². The molecule has 1 N–H and O–H groups in total. The standard InChI is InChI=1S/C8H11NO2S/c10-8-9-7(5-12-8)6-1-3-11-4-2-6/h5-6H,1-4H2,(H,9,10). The molecular formula is C8H11NO2S. The van der Waals surface area contributed by atoms with Crippen molar-refractivity contribution in [2.45, 2.75) is 18.8 Å². The van der Waals surface area contributed by atoms with E-state index in [0.717, 1.165) is 31.7 Å². The first-order chi connectivity index (χ1) is 5.86. The molecule has 2 rings (SSSR count). The summed E-state index contributed by atoms with van der Waals surface area (Å²) in [4.78, 5) is 13.8. The lowest BCUT2D eigenvalue weighted by molar-refractivity contribution is 0.0846. The Morgan fingerprint density at radius 2 is 2.25 bits per heavy atom. The number of rotatable bonds is 1. The Morgan fingerprint density at radius 3 is 2.83 bits per heavy atom. The van der Waals surface area contributed by atoms with Gasteiger partial charge in [-0.15, -0.1) is 0 Å². The van der Waals surface area contributed by atoms with E-state index in [9.17, 15) is 4.79 Å². The van der Waals surface area contributed by atoms with Gasteiger partial charge in [0, 0.05) is 30.2 Å². The summed E-state index contributed by atoms with van der Waals surface area (Å²) in [5, 5.41) is 1.93. The van der Waals surface area contributed by atoms with Crippen molar-refractivity contribution in [1.82, 2.24) is 4.98 Å². The zero-order valence-electron chi connectivity index (χ0n) is 6.71. The Morgan fingerprint density at radius 1 is 1.50 bits per heavy atom. The van der Waals surface area contributed by atoms with Gasteiger partial charge in [-0.05, 0) is 12.8 Å². The Labute approximate surface area is 74.4 Å². The molecule has 12 heavy (non-hydrogen) atoms. The van der Waals surface area contributed by atoms with Gasteiger partial charge in [-0.25, -0.2) is 0 Å². The lowest BCUT2D eigenvalue weighted by atomic mass is 9.98. The molecule has 0 amide bonds. The first-order valence-corrected chi connectivity index (χ1v) is 4.99. The summed E-state index contributed by atoms with van der Waals surface area (Å²) in [7, 11) is 0. The van der Waals surface area contributed by atoms with Gasteiger partial charge in [0.15, 0.2) is 0 Å². The van der Waals surface area contributed by atoms with Gasteiger partial charge in [-0.1, -0.05) is 11.3 Å². The number of thiazole rings is 1. The van der Waals surface area contributed by atoms with Crippen LogP contribution in [0.25, 0.3) is 0 Å². The summed E-state index contributed by atoms with van der Waals surface area (Å²) in [6.45, 7) is 1.64. The Bertz CT molecular complexity index is 298. The molecule has 0 aromatic carbocycles. The predicted octanol–water partition coefficient (Wildman–Crippen LogP) is 1.33. The maximum absolute atomic E-state index is 10.9. The Balaban J connectivity index is 2.13. The van der Waals surface area contributed by atoms with E-state index in [-0.39, 0.29) is 4.87 Å². The lowest BCUT2D eigenvalue weighted by Crippen LogP contribution is -2.15. The number of hydrogen-bond acceptors (Lipinski definition) is 3. The molecule has 0 spiro atoms. The average molecular weight is 185 g/mol. The van der Waals surface area contributed by atoms with Gasteiger partial charge in [0.25, 0.3) is 0 Å². The Hall–Kier alpha value is -0.610. The number of nitrogens with one attached hydrogen (secondary N) is 1. The van der Waals surface area contributed by atoms with Crippen molar-refractivity contribution in [2.75, 3.05) is 13.2 Å². The van der Waals surface area contributed by atoms with E-state index in [0.29, 0.717) is 5.92 Å². The largest absolute Gasteiger partial charge is 0.381 e. The summed E-state index contributed by atoms with van der Waals surface area (Å²) in [6, 6.07) is 0. The third kappa shape index (κ3) is 1.59. The molecule has 0 bridgehead atoms. The number of hydrogen-bond donors (Lipinski definition) is 1. The van der Waals surface area contributed by atoms with Crippen LogP contribution in [0.5, 0.6) is 0 Å². The van der Waals surface area contributed by atoms with Crippen LogP contribution in [0.4, 0.5) is 0 Å². The van der Waals surface area contributed by atoms with Crippen LogP contribution in [0.15, 0.2) is 10.2 Å². The van der Waals surface area contributed by atoms with Crippen LogP contribution in [0, 0.1) is 0 Å². The molecule has 1 aliphatic heterocycles. The minimum absolute atomic E-state index is 0.0523. The fourth-order valence-electron chi connectivity index (χ4n) is 1.50. The van der Waals surface area contributed by atoms with Crippen LogP contribution in [0.1, 0.15) is 24.5 Å². The highest BCUT2D eigenvalue weighted by Crippen LogP contribution is 2.24. The van der Waals surface area contributed by atoms with Gasteiger partial charge >= 0.3 is 4.87 Å². The zero-order chi connectivity index (χ0) is 8.39. The molecule has 1 aliphatic rings. The van der Waals surface area contributed by atoms with Crippen molar-refractivity contribution in [3.63, 3.8) is 0 Å². The van der Waals surface area contributed by atoms with E-state index in [1.54, 1.807) is 0 Å². The number of H-pyrrole nitrogens is 1. The SMILES string of the molecule is O=c1[nH]c(C2CCOCC2)cs1. The minimum atomic E-state index is 0.0523. The second kappa shape index (κ2) is 3.41. The topological polar surface area (TPSA) is 42.1 Å². The summed E-state index contributed by atoms with van der Waals surface area (Å²) >= 11 is 1.25. The highest BCUT2D eigenvalue weighted by Gasteiger charge is 2.16. The summed E-state index contributed by atoms with van der Waals surface area (Å²) in [5.74, 6) is 0.512. The van der Waals surface area contributed by atoms with E-state index < -0.39 is 0 Å². The second-order valence-corrected chi connectivity index (χ2v) is 3.83. The van der Waals surface area contributed by atoms with Gasteiger partial charge in [0.05, 0.1) is 0 Å². The quantitative estimate of drug-likeness (QED) is 0.717. The third-order valence-electron chi connectivity index (χ3n) is 2.20. The fraction of sp³-hybridized carbons (Fsp3) is 0.625. The zero-order valence-corrected chi connectivity index (χ0v) is 7.52. The molecule has 4 heteroatoms. The number of aromatic nitrogens is 1. The van der Waals surface area contributed by atoms with Crippen molar-refractivity contribution in [3.8, 4) is 0 Å². The number of ether oxygens (including phenoxy) is 1. The van der Waals surface area contributed by atoms with Crippen molar-refractivity contribution in [3.05, 3.63) is 20.7 Å². The molecule has 1 saturated heterocycles. The van der Waals surface area contributed by atoms with Crippen molar-refractivity contribution < 1.29 is 4.74 Å². The molecule has 0 atom stereocenters. The van der Waals surface area contributed by atoms with Gasteiger partial charge in [0.1, 0.15) is 0 Å². The maximum Gasteiger partial charge on any atom is 0.304 e. The van der Waals surface area contributed by atoms with Crippen molar-refractivity contribution >= 4 is 11.3 Å². The predicted molar refractivity (Wildman–Crippen MR) is 47.7 cm³/mol. The fourth-order valence-corrected chi connectivity index (χ4v) is 2.16. The molecule has 0 radical (unpaired) electrons. The Kier molecular flexibility index (Phi) is 2.28. The smallest absolute Gasteiger partial charge is 0.304 e. The van der Waals surface area contributed by atoms with E-state index in [1.807, 2.05) is 5.38 Å². The van der Waals surface area contributed by atoms with E-state index in [1.165, 1.54) is 11.3 Å². The third-order valence-corrected chi connectivity index (χ3v) is 2.89. The maximum atomic E-state index is 10.9. The van der Waals surface area contributed by atoms with E-state index >= 15 is 0 Å². The van der Waals surface area contributed by atoms with E-state index in [2.05, 4.69) is 4.98 Å².